The number of hydrogen-bond donors (Lipinski definition) is 10. The molecule has 0 saturated heterocycles. The number of hydrogen-bond acceptors (Lipinski definition) is 12. The van der Waals surface area contributed by atoms with Crippen molar-refractivity contribution < 1.29 is 53.7 Å². The third kappa shape index (κ3) is 27.1. The van der Waals surface area contributed by atoms with Gasteiger partial charge in [0.2, 0.25) is 23.6 Å². The van der Waals surface area contributed by atoms with Crippen molar-refractivity contribution in [1.29, 1.82) is 0 Å². The van der Waals surface area contributed by atoms with Gasteiger partial charge in [0.1, 0.15) is 23.9 Å². The first kappa shape index (κ1) is 56.3. The van der Waals surface area contributed by atoms with Crippen LogP contribution in [0, 0.1) is 5.92 Å². The maximum atomic E-state index is 13.2. The number of ketones is 2. The molecule has 0 aromatic carbocycles. The number of unbranched alkanes of at least 4 members (excludes halogenated alkanes) is 13. The molecule has 0 spiro atoms. The number of carboxylic acid groups (broad SMARTS) is 2. The van der Waals surface area contributed by atoms with Crippen molar-refractivity contribution in [2.75, 3.05) is 13.1 Å². The Balaban J connectivity index is 2.46. The van der Waals surface area contributed by atoms with Crippen molar-refractivity contribution in [2.45, 2.75) is 192 Å². The highest BCUT2D eigenvalue weighted by Gasteiger charge is 2.28. The summed E-state index contributed by atoms with van der Waals surface area (Å²) in [5, 5.41) is 39.2. The summed E-state index contributed by atoms with van der Waals surface area (Å²) in [5.41, 5.74) is 12.1. The SMILES string of the molecule is CCCCCCCCCCCCCCCC(=O)N[C@@H](CCC(=O)N[C@@H](CCC(=O)NCCCC[C@H](CC(=O)[C@@H](N)Cc1cnc[nH]1)C(=O)CN[C@H](C(N)=O)[C@@H](C)O)C(=O)O)C(=O)O. The first-order valence-electron chi connectivity index (χ1n) is 22.9. The Kier molecular flexibility index (Phi) is 30.2. The van der Waals surface area contributed by atoms with Gasteiger partial charge in [-0.1, -0.05) is 90.4 Å². The van der Waals surface area contributed by atoms with Gasteiger partial charge in [-0.15, -0.1) is 0 Å². The smallest absolute Gasteiger partial charge is 0.326 e. The molecule has 0 aliphatic carbocycles. The van der Waals surface area contributed by atoms with Gasteiger partial charge in [-0.25, -0.2) is 14.6 Å². The van der Waals surface area contributed by atoms with Crippen molar-refractivity contribution in [3.05, 3.63) is 18.2 Å². The van der Waals surface area contributed by atoms with Crippen LogP contribution in [0.3, 0.4) is 0 Å². The number of nitrogens with zero attached hydrogens (tertiary/aromatic N) is 1. The van der Waals surface area contributed by atoms with E-state index in [-0.39, 0.29) is 70.2 Å². The molecule has 19 nitrogen and oxygen atoms in total. The molecule has 1 aromatic heterocycles. The number of aliphatic hydroxyl groups excluding tert-OH is 1. The molecular formula is C44H76N8O11. The number of amides is 4. The number of primary amides is 1. The summed E-state index contributed by atoms with van der Waals surface area (Å²) in [6.45, 7) is 3.40. The maximum absolute atomic E-state index is 13.2. The van der Waals surface area contributed by atoms with E-state index in [0.717, 1.165) is 19.3 Å². The Morgan fingerprint density at radius 3 is 1.71 bits per heavy atom. The van der Waals surface area contributed by atoms with Gasteiger partial charge in [0, 0.05) is 56.5 Å². The first-order chi connectivity index (χ1) is 30.0. The number of carboxylic acids is 2. The predicted octanol–water partition coefficient (Wildman–Crippen LogP) is 2.72. The second kappa shape index (κ2) is 33.8. The quantitative estimate of drug-likeness (QED) is 0.0424. The molecule has 0 aliphatic rings. The number of nitrogens with one attached hydrogen (secondary N) is 5. The molecule has 1 heterocycles. The van der Waals surface area contributed by atoms with Crippen LogP contribution in [0.4, 0.5) is 0 Å². The van der Waals surface area contributed by atoms with Crippen LogP contribution in [0.5, 0.6) is 0 Å². The minimum absolute atomic E-state index is 0.169. The van der Waals surface area contributed by atoms with E-state index in [4.69, 9.17) is 11.5 Å². The highest BCUT2D eigenvalue weighted by molar-refractivity contribution is 5.92. The fourth-order valence-corrected chi connectivity index (χ4v) is 7.12. The number of Topliss-reactive ketones (excluding diaryl/α,β-unsaturated/α-hetero) is 2. The van der Waals surface area contributed by atoms with Crippen LogP contribution in [0.2, 0.25) is 0 Å². The van der Waals surface area contributed by atoms with Gasteiger partial charge in [-0.2, -0.15) is 0 Å². The standard InChI is InChI=1S/C44H76N8O11/c1-3-4-5-6-7-8-9-10-11-12-13-14-15-19-39(57)51-35(44(62)63)21-23-40(58)52-34(43(60)61)20-22-38(56)48-24-17-16-18-31(37(55)28-49-41(30(2)53)42(46)59)25-36(54)33(45)26-32-27-47-29-50-32/h27,29-31,33-35,41,49,53H,3-26,28,45H2,1-2H3,(H2,46,59)(H,47,50)(H,48,56)(H,51,57)(H,52,58)(H,60,61)(H,62,63)/t30-,31-,33+,34+,35+,41+/m1/s1. The molecule has 1 aromatic rings. The molecule has 0 saturated carbocycles. The zero-order valence-corrected chi connectivity index (χ0v) is 37.5. The van der Waals surface area contributed by atoms with Gasteiger partial charge in [0.15, 0.2) is 5.78 Å². The Hall–Kier alpha value is -4.75. The van der Waals surface area contributed by atoms with Gasteiger partial charge >= 0.3 is 11.9 Å². The van der Waals surface area contributed by atoms with Crippen molar-refractivity contribution in [3.8, 4) is 0 Å². The second-order valence-electron chi connectivity index (χ2n) is 16.6. The molecule has 12 N–H and O–H groups in total. The van der Waals surface area contributed by atoms with Crippen molar-refractivity contribution in [3.63, 3.8) is 0 Å². The minimum atomic E-state index is -1.42. The average Bonchev–Trinajstić information content (AvgIpc) is 3.74. The van der Waals surface area contributed by atoms with Gasteiger partial charge in [-0.3, -0.25) is 34.1 Å². The van der Waals surface area contributed by atoms with E-state index in [1.807, 2.05) is 0 Å². The molecular weight excluding hydrogens is 817 g/mol. The summed E-state index contributed by atoms with van der Waals surface area (Å²) in [4.78, 5) is 106. The van der Waals surface area contributed by atoms with Gasteiger partial charge in [0.25, 0.3) is 0 Å². The minimum Gasteiger partial charge on any atom is -0.480 e. The summed E-state index contributed by atoms with van der Waals surface area (Å²) in [6, 6.07) is -4.82. The second-order valence-corrected chi connectivity index (χ2v) is 16.6. The predicted molar refractivity (Wildman–Crippen MR) is 236 cm³/mol. The van der Waals surface area contributed by atoms with E-state index < -0.39 is 77.5 Å². The van der Waals surface area contributed by atoms with Crippen LogP contribution in [-0.2, 0) is 44.8 Å². The summed E-state index contributed by atoms with van der Waals surface area (Å²) in [5.74, 6) is -6.72. The summed E-state index contributed by atoms with van der Waals surface area (Å²) in [6.07, 6.45) is 17.0. The van der Waals surface area contributed by atoms with Gasteiger partial charge in [0.05, 0.1) is 25.0 Å². The van der Waals surface area contributed by atoms with Crippen molar-refractivity contribution in [1.82, 2.24) is 31.2 Å². The molecule has 19 heteroatoms. The monoisotopic (exact) mass is 893 g/mol. The number of carbonyl (C=O) groups is 8. The number of aliphatic hydroxyl groups is 1. The Labute approximate surface area is 371 Å². The Morgan fingerprint density at radius 1 is 0.698 bits per heavy atom. The van der Waals surface area contributed by atoms with Crippen molar-refractivity contribution in [2.24, 2.45) is 17.4 Å². The number of aliphatic carboxylic acids is 2. The molecule has 358 valence electrons. The maximum Gasteiger partial charge on any atom is 0.326 e. The third-order valence-corrected chi connectivity index (χ3v) is 11.0. The van der Waals surface area contributed by atoms with Crippen LogP contribution in [-0.4, -0.2) is 116 Å². The third-order valence-electron chi connectivity index (χ3n) is 11.0. The topological polar surface area (TPSA) is 326 Å². The van der Waals surface area contributed by atoms with E-state index in [9.17, 15) is 53.7 Å². The van der Waals surface area contributed by atoms with Gasteiger partial charge < -0.3 is 47.7 Å². The Bertz CT molecular complexity index is 1520. The number of H-pyrrole nitrogens is 1. The lowest BCUT2D eigenvalue weighted by Gasteiger charge is -2.21. The number of carbonyl (C=O) groups excluding carboxylic acids is 6. The number of rotatable bonds is 40. The summed E-state index contributed by atoms with van der Waals surface area (Å²) >= 11 is 0. The van der Waals surface area contributed by atoms with E-state index in [0.29, 0.717) is 25.0 Å². The van der Waals surface area contributed by atoms with Crippen molar-refractivity contribution >= 4 is 47.1 Å². The van der Waals surface area contributed by atoms with E-state index >= 15 is 0 Å². The highest BCUT2D eigenvalue weighted by Crippen LogP contribution is 2.17. The van der Waals surface area contributed by atoms with E-state index in [1.165, 1.54) is 77.2 Å². The largest absolute Gasteiger partial charge is 0.480 e. The fraction of sp³-hybridized carbons (Fsp3) is 0.750. The van der Waals surface area contributed by atoms with Crippen LogP contribution in [0.15, 0.2) is 12.5 Å². The summed E-state index contributed by atoms with van der Waals surface area (Å²) in [7, 11) is 0. The first-order valence-corrected chi connectivity index (χ1v) is 22.9. The molecule has 63 heavy (non-hydrogen) atoms. The molecule has 0 unspecified atom stereocenters. The molecule has 0 bridgehead atoms. The zero-order chi connectivity index (χ0) is 47.0. The van der Waals surface area contributed by atoms with Crippen LogP contribution < -0.4 is 32.7 Å². The lowest BCUT2D eigenvalue weighted by molar-refractivity contribution is -0.143. The molecule has 6 atom stereocenters. The van der Waals surface area contributed by atoms with E-state index in [2.05, 4.69) is 38.2 Å². The Morgan fingerprint density at radius 2 is 1.22 bits per heavy atom. The number of nitrogens with two attached hydrogens (primary N) is 2. The molecule has 1 rings (SSSR count). The fourth-order valence-electron chi connectivity index (χ4n) is 7.12. The molecule has 0 radical (unpaired) electrons. The lowest BCUT2D eigenvalue weighted by atomic mass is 9.89. The normalized spacial score (nSPS) is 14.1. The lowest BCUT2D eigenvalue weighted by Crippen LogP contribution is -2.50. The molecule has 0 fully saturated rings. The van der Waals surface area contributed by atoms with Crippen LogP contribution in [0.1, 0.15) is 161 Å². The number of aromatic nitrogens is 2. The zero-order valence-electron chi connectivity index (χ0n) is 37.5. The molecule has 4 amide bonds. The number of imidazole rings is 1. The van der Waals surface area contributed by atoms with Crippen LogP contribution in [0.25, 0.3) is 0 Å². The van der Waals surface area contributed by atoms with Crippen LogP contribution >= 0.6 is 0 Å². The van der Waals surface area contributed by atoms with Gasteiger partial charge in [-0.05, 0) is 39.0 Å². The van der Waals surface area contributed by atoms with E-state index in [1.54, 1.807) is 0 Å². The average molecular weight is 893 g/mol. The highest BCUT2D eigenvalue weighted by atomic mass is 16.4. The molecule has 0 aliphatic heterocycles. The summed E-state index contributed by atoms with van der Waals surface area (Å²) < 4.78 is 0. The number of aromatic amines is 1.